The number of aryl methyl sites for hydroxylation is 1. The molecule has 4 nitrogen and oxygen atoms in total. The van der Waals surface area contributed by atoms with Gasteiger partial charge in [-0.1, -0.05) is 12.1 Å². The number of hydrogen-bond acceptors (Lipinski definition) is 3. The van der Waals surface area contributed by atoms with Crippen LogP contribution in [0.15, 0.2) is 41.3 Å². The van der Waals surface area contributed by atoms with Crippen LogP contribution in [0.1, 0.15) is 11.1 Å². The maximum atomic E-state index is 13.4. The average molecular weight is 306 g/mol. The largest absolute Gasteiger partial charge is 0.398 e. The topological polar surface area (TPSA) is 63.4 Å². The second-order valence-corrected chi connectivity index (χ2v) is 6.91. The van der Waals surface area contributed by atoms with E-state index in [1.54, 1.807) is 25.1 Å². The van der Waals surface area contributed by atoms with Gasteiger partial charge in [0.15, 0.2) is 0 Å². The molecule has 0 saturated carbocycles. The molecule has 0 radical (unpaired) electrons. The summed E-state index contributed by atoms with van der Waals surface area (Å²) in [5.74, 6) is -0.564. The second kappa shape index (κ2) is 4.73. The number of hydrogen-bond donors (Lipinski definition) is 1. The average Bonchev–Trinajstić information content (AvgIpc) is 2.87. The van der Waals surface area contributed by atoms with E-state index < -0.39 is 15.8 Å². The highest BCUT2D eigenvalue weighted by atomic mass is 32.2. The summed E-state index contributed by atoms with van der Waals surface area (Å²) in [7, 11) is -3.78. The van der Waals surface area contributed by atoms with Crippen molar-refractivity contribution in [2.45, 2.75) is 18.2 Å². The molecule has 0 atom stereocenters. The molecule has 3 rings (SSSR count). The molecule has 21 heavy (non-hydrogen) atoms. The highest BCUT2D eigenvalue weighted by molar-refractivity contribution is 7.93. The lowest BCUT2D eigenvalue weighted by atomic mass is 10.1. The van der Waals surface area contributed by atoms with Gasteiger partial charge in [-0.15, -0.1) is 0 Å². The minimum atomic E-state index is -3.78. The summed E-state index contributed by atoms with van der Waals surface area (Å²) in [6.07, 6.45) is 0.565. The fourth-order valence-corrected chi connectivity index (χ4v) is 4.39. The molecule has 2 aromatic rings. The first kappa shape index (κ1) is 13.9. The smallest absolute Gasteiger partial charge is 0.264 e. The first-order valence-corrected chi connectivity index (χ1v) is 8.01. The van der Waals surface area contributed by atoms with Crippen LogP contribution in [0.3, 0.4) is 0 Å². The summed E-state index contributed by atoms with van der Waals surface area (Å²) in [6.45, 7) is 1.98. The van der Waals surface area contributed by atoms with E-state index in [0.29, 0.717) is 29.9 Å². The van der Waals surface area contributed by atoms with E-state index in [1.807, 2.05) is 0 Å². The number of halogens is 1. The van der Waals surface area contributed by atoms with Crippen LogP contribution in [-0.2, 0) is 16.4 Å². The molecular formula is C15H15FN2O2S. The number of sulfonamides is 1. The van der Waals surface area contributed by atoms with Gasteiger partial charge in [0.2, 0.25) is 0 Å². The van der Waals surface area contributed by atoms with Crippen molar-refractivity contribution in [3.8, 4) is 0 Å². The molecule has 0 saturated heterocycles. The molecule has 6 heteroatoms. The quantitative estimate of drug-likeness (QED) is 0.867. The molecule has 0 bridgehead atoms. The zero-order valence-electron chi connectivity index (χ0n) is 11.5. The van der Waals surface area contributed by atoms with Crippen LogP contribution in [-0.4, -0.2) is 15.0 Å². The predicted molar refractivity (Wildman–Crippen MR) is 80.2 cm³/mol. The third-order valence-electron chi connectivity index (χ3n) is 3.74. The molecule has 1 aliphatic heterocycles. The maximum Gasteiger partial charge on any atom is 0.264 e. The van der Waals surface area contributed by atoms with E-state index >= 15 is 0 Å². The van der Waals surface area contributed by atoms with Gasteiger partial charge < -0.3 is 5.73 Å². The Bertz CT molecular complexity index is 818. The normalized spacial score (nSPS) is 14.3. The summed E-state index contributed by atoms with van der Waals surface area (Å²) >= 11 is 0. The lowest BCUT2D eigenvalue weighted by Crippen LogP contribution is -2.29. The van der Waals surface area contributed by atoms with Gasteiger partial charge in [0.1, 0.15) is 5.82 Å². The Morgan fingerprint density at radius 2 is 2.00 bits per heavy atom. The molecule has 110 valence electrons. The standard InChI is InChI=1S/C15H15FN2O2S/c1-10-5-6-11(16)9-15(10)21(19,20)18-8-7-12-13(17)3-2-4-14(12)18/h2-6,9H,7-8,17H2,1H3. The minimum absolute atomic E-state index is 0.00206. The number of benzene rings is 2. The maximum absolute atomic E-state index is 13.4. The number of rotatable bonds is 2. The first-order valence-electron chi connectivity index (χ1n) is 6.57. The zero-order valence-corrected chi connectivity index (χ0v) is 12.3. The van der Waals surface area contributed by atoms with E-state index in [1.165, 1.54) is 16.4 Å². The Kier molecular flexibility index (Phi) is 3.13. The molecule has 0 spiro atoms. The molecule has 0 fully saturated rings. The van der Waals surface area contributed by atoms with E-state index in [9.17, 15) is 12.8 Å². The number of nitrogen functional groups attached to an aromatic ring is 1. The Morgan fingerprint density at radius 3 is 2.76 bits per heavy atom. The molecule has 2 aromatic carbocycles. The molecule has 2 N–H and O–H groups in total. The van der Waals surface area contributed by atoms with Crippen molar-refractivity contribution in [2.24, 2.45) is 0 Å². The van der Waals surface area contributed by atoms with Crippen LogP contribution < -0.4 is 10.0 Å². The van der Waals surface area contributed by atoms with E-state index in [4.69, 9.17) is 5.73 Å². The van der Waals surface area contributed by atoms with Gasteiger partial charge in [-0.05, 0) is 43.2 Å². The number of nitrogens with two attached hydrogens (primary N) is 1. The van der Waals surface area contributed by atoms with Gasteiger partial charge in [0.05, 0.1) is 10.6 Å². The van der Waals surface area contributed by atoms with Crippen molar-refractivity contribution < 1.29 is 12.8 Å². The third-order valence-corrected chi connectivity index (χ3v) is 5.69. The van der Waals surface area contributed by atoms with Crippen LogP contribution in [0, 0.1) is 12.7 Å². The van der Waals surface area contributed by atoms with Gasteiger partial charge in [-0.25, -0.2) is 12.8 Å². The number of fused-ring (bicyclic) bond motifs is 1. The Labute approximate surface area is 123 Å². The highest BCUT2D eigenvalue weighted by Crippen LogP contribution is 2.36. The van der Waals surface area contributed by atoms with Crippen molar-refractivity contribution >= 4 is 21.4 Å². The van der Waals surface area contributed by atoms with Crippen molar-refractivity contribution in [1.82, 2.24) is 0 Å². The van der Waals surface area contributed by atoms with Crippen LogP contribution in [0.4, 0.5) is 15.8 Å². The van der Waals surface area contributed by atoms with Gasteiger partial charge in [0, 0.05) is 17.8 Å². The monoisotopic (exact) mass is 306 g/mol. The van der Waals surface area contributed by atoms with Gasteiger partial charge >= 0.3 is 0 Å². The molecule has 1 aliphatic rings. The number of nitrogens with zero attached hydrogens (tertiary/aromatic N) is 1. The van der Waals surface area contributed by atoms with Crippen molar-refractivity contribution in [3.05, 3.63) is 53.3 Å². The van der Waals surface area contributed by atoms with E-state index in [2.05, 4.69) is 0 Å². The molecule has 0 amide bonds. The summed E-state index contributed by atoms with van der Waals surface area (Å²) in [5, 5.41) is 0. The fraction of sp³-hybridized carbons (Fsp3) is 0.200. The van der Waals surface area contributed by atoms with Crippen LogP contribution in [0.25, 0.3) is 0 Å². The SMILES string of the molecule is Cc1ccc(F)cc1S(=O)(=O)N1CCc2c(N)cccc21. The fourth-order valence-electron chi connectivity index (χ4n) is 2.65. The summed E-state index contributed by atoms with van der Waals surface area (Å²) in [5.41, 5.74) is 8.41. The summed E-state index contributed by atoms with van der Waals surface area (Å²) in [6, 6.07) is 8.99. The van der Waals surface area contributed by atoms with Gasteiger partial charge in [-0.2, -0.15) is 0 Å². The summed E-state index contributed by atoms with van der Waals surface area (Å²) in [4.78, 5) is -0.00206. The molecule has 0 aromatic heterocycles. The number of anilines is 2. The van der Waals surface area contributed by atoms with Gasteiger partial charge in [-0.3, -0.25) is 4.31 Å². The highest BCUT2D eigenvalue weighted by Gasteiger charge is 2.32. The van der Waals surface area contributed by atoms with Crippen LogP contribution in [0.5, 0.6) is 0 Å². The second-order valence-electron chi connectivity index (χ2n) is 5.08. The molecule has 1 heterocycles. The Balaban J connectivity index is 2.14. The third kappa shape index (κ3) is 2.15. The lowest BCUT2D eigenvalue weighted by Gasteiger charge is -2.21. The van der Waals surface area contributed by atoms with E-state index in [-0.39, 0.29) is 4.90 Å². The predicted octanol–water partition coefficient (Wildman–Crippen LogP) is 2.47. The van der Waals surface area contributed by atoms with Crippen LogP contribution >= 0.6 is 0 Å². The molecular weight excluding hydrogens is 291 g/mol. The summed E-state index contributed by atoms with van der Waals surface area (Å²) < 4.78 is 40.3. The lowest BCUT2D eigenvalue weighted by molar-refractivity contribution is 0.586. The Morgan fingerprint density at radius 1 is 1.24 bits per heavy atom. The van der Waals surface area contributed by atoms with Crippen LogP contribution in [0.2, 0.25) is 0 Å². The van der Waals surface area contributed by atoms with Crippen molar-refractivity contribution in [3.63, 3.8) is 0 Å². The molecule has 0 unspecified atom stereocenters. The minimum Gasteiger partial charge on any atom is -0.398 e. The van der Waals surface area contributed by atoms with E-state index in [0.717, 1.165) is 11.6 Å². The van der Waals surface area contributed by atoms with Crippen molar-refractivity contribution in [2.75, 3.05) is 16.6 Å². The molecule has 0 aliphatic carbocycles. The first-order chi connectivity index (χ1) is 9.91. The van der Waals surface area contributed by atoms with Gasteiger partial charge in [0.25, 0.3) is 10.0 Å². The van der Waals surface area contributed by atoms with Crippen molar-refractivity contribution in [1.29, 1.82) is 0 Å². The Hall–Kier alpha value is -2.08. The zero-order chi connectivity index (χ0) is 15.2.